The van der Waals surface area contributed by atoms with Crippen LogP contribution in [0.4, 0.5) is 0 Å². The number of halogens is 1. The third-order valence-corrected chi connectivity index (χ3v) is 8.11. The Morgan fingerprint density at radius 1 is 1.22 bits per heavy atom. The second kappa shape index (κ2) is 11.2. The number of aryl methyl sites for hydroxylation is 1. The summed E-state index contributed by atoms with van der Waals surface area (Å²) in [4.78, 5) is 30.2. The van der Waals surface area contributed by atoms with E-state index in [-0.39, 0.29) is 17.0 Å². The molecule has 1 saturated heterocycles. The van der Waals surface area contributed by atoms with E-state index in [0.717, 1.165) is 20.8 Å². The van der Waals surface area contributed by atoms with Crippen molar-refractivity contribution in [1.82, 2.24) is 14.8 Å². The Morgan fingerprint density at radius 2 is 1.97 bits per heavy atom. The van der Waals surface area contributed by atoms with E-state index < -0.39 is 12.0 Å². The highest BCUT2D eigenvalue weighted by Crippen LogP contribution is 2.29. The van der Waals surface area contributed by atoms with Crippen molar-refractivity contribution < 1.29 is 14.6 Å². The number of nitrogens with zero attached hydrogens (tertiary/aromatic N) is 2. The molecule has 1 aliphatic rings. The van der Waals surface area contributed by atoms with Gasteiger partial charge in [-0.05, 0) is 29.3 Å². The standard InChI is InChI=1S/C28H28ClN3O4S/c1-31-16-23(27(35)30-14-18-7-9-20(29)10-8-18)26(34)22-13-21(37-28(22)31)15-32-11-12-36-17-24(32)25(33)19-5-3-2-4-6-19/h2-10,13,16,24-25,33H,11-12,14-15,17H2,1H3,(H,30,35)/t24?,25-/m1/s1. The molecule has 2 aromatic heterocycles. The largest absolute Gasteiger partial charge is 0.387 e. The number of morpholine rings is 1. The summed E-state index contributed by atoms with van der Waals surface area (Å²) in [6, 6.07) is 18.5. The van der Waals surface area contributed by atoms with E-state index in [1.807, 2.05) is 60.1 Å². The van der Waals surface area contributed by atoms with Crippen LogP contribution in [0, 0.1) is 0 Å². The van der Waals surface area contributed by atoms with Gasteiger partial charge in [-0.1, -0.05) is 54.1 Å². The molecule has 0 saturated carbocycles. The molecule has 1 aliphatic heterocycles. The number of carbonyl (C=O) groups is 1. The number of hydrogen-bond acceptors (Lipinski definition) is 6. The van der Waals surface area contributed by atoms with Crippen molar-refractivity contribution in [3.8, 4) is 0 Å². The van der Waals surface area contributed by atoms with Crippen molar-refractivity contribution in [3.63, 3.8) is 0 Å². The summed E-state index contributed by atoms with van der Waals surface area (Å²) in [6.07, 6.45) is 0.914. The fourth-order valence-electron chi connectivity index (χ4n) is 4.65. The molecule has 192 valence electrons. The van der Waals surface area contributed by atoms with Crippen LogP contribution in [0.3, 0.4) is 0 Å². The topological polar surface area (TPSA) is 83.8 Å². The van der Waals surface area contributed by atoms with Crippen LogP contribution in [-0.4, -0.2) is 46.3 Å². The second-order valence-electron chi connectivity index (χ2n) is 9.19. The van der Waals surface area contributed by atoms with Crippen LogP contribution in [0.15, 0.2) is 71.7 Å². The number of benzene rings is 2. The van der Waals surface area contributed by atoms with E-state index in [1.165, 1.54) is 11.3 Å². The Morgan fingerprint density at radius 3 is 2.73 bits per heavy atom. The van der Waals surface area contributed by atoms with Crippen molar-refractivity contribution in [2.75, 3.05) is 19.8 Å². The lowest BCUT2D eigenvalue weighted by Crippen LogP contribution is -2.48. The molecule has 1 fully saturated rings. The van der Waals surface area contributed by atoms with Crippen LogP contribution in [0.2, 0.25) is 5.02 Å². The maximum absolute atomic E-state index is 13.3. The molecule has 7 nitrogen and oxygen atoms in total. The molecular formula is C28H28ClN3O4S. The van der Waals surface area contributed by atoms with Gasteiger partial charge < -0.3 is 19.7 Å². The van der Waals surface area contributed by atoms with E-state index >= 15 is 0 Å². The first-order valence-corrected chi connectivity index (χ1v) is 13.3. The van der Waals surface area contributed by atoms with Crippen LogP contribution in [-0.2, 0) is 24.9 Å². The molecular weight excluding hydrogens is 510 g/mol. The van der Waals surface area contributed by atoms with E-state index in [4.69, 9.17) is 16.3 Å². The van der Waals surface area contributed by atoms with Crippen molar-refractivity contribution >= 4 is 39.1 Å². The zero-order valence-corrected chi connectivity index (χ0v) is 22.0. The van der Waals surface area contributed by atoms with Crippen molar-refractivity contribution in [2.24, 2.45) is 7.05 Å². The predicted molar refractivity (Wildman–Crippen MR) is 146 cm³/mol. The fourth-order valence-corrected chi connectivity index (χ4v) is 5.89. The maximum atomic E-state index is 13.3. The number of pyridine rings is 1. The molecule has 0 radical (unpaired) electrons. The second-order valence-corrected chi connectivity index (χ2v) is 10.7. The van der Waals surface area contributed by atoms with Gasteiger partial charge in [0.15, 0.2) is 0 Å². The lowest BCUT2D eigenvalue weighted by atomic mass is 10.0. The monoisotopic (exact) mass is 537 g/mol. The molecule has 2 atom stereocenters. The number of nitrogens with one attached hydrogen (secondary N) is 1. The van der Waals surface area contributed by atoms with Gasteiger partial charge in [0.2, 0.25) is 5.43 Å². The third-order valence-electron chi connectivity index (χ3n) is 6.65. The molecule has 1 unspecified atom stereocenters. The van der Waals surface area contributed by atoms with Crippen molar-refractivity contribution in [1.29, 1.82) is 0 Å². The number of aromatic nitrogens is 1. The normalized spacial score (nSPS) is 17.1. The van der Waals surface area contributed by atoms with Gasteiger partial charge in [-0.25, -0.2) is 0 Å². The Kier molecular flexibility index (Phi) is 7.73. The number of aliphatic hydroxyl groups is 1. The molecule has 0 spiro atoms. The van der Waals surface area contributed by atoms with Gasteiger partial charge in [-0.2, -0.15) is 0 Å². The predicted octanol–water partition coefficient (Wildman–Crippen LogP) is 4.12. The number of rotatable bonds is 7. The first-order chi connectivity index (χ1) is 17.9. The van der Waals surface area contributed by atoms with Crippen molar-refractivity contribution in [3.05, 3.63) is 104 Å². The van der Waals surface area contributed by atoms with Gasteiger partial charge in [0.25, 0.3) is 5.91 Å². The average Bonchev–Trinajstić information content (AvgIpc) is 3.35. The van der Waals surface area contributed by atoms with E-state index in [2.05, 4.69) is 10.2 Å². The first-order valence-electron chi connectivity index (χ1n) is 12.1. The minimum atomic E-state index is -0.682. The molecule has 37 heavy (non-hydrogen) atoms. The van der Waals surface area contributed by atoms with Crippen LogP contribution < -0.4 is 10.7 Å². The fraction of sp³-hybridized carbons (Fsp3) is 0.286. The minimum absolute atomic E-state index is 0.108. The van der Waals surface area contributed by atoms with E-state index in [9.17, 15) is 14.7 Å². The number of amides is 1. The number of thiophene rings is 1. The van der Waals surface area contributed by atoms with Gasteiger partial charge in [0.1, 0.15) is 10.4 Å². The molecule has 3 heterocycles. The Balaban J connectivity index is 1.36. The van der Waals surface area contributed by atoms with Gasteiger partial charge in [0, 0.05) is 42.8 Å². The zero-order chi connectivity index (χ0) is 25.9. The smallest absolute Gasteiger partial charge is 0.257 e. The molecule has 5 rings (SSSR count). The molecule has 4 aromatic rings. The van der Waals surface area contributed by atoms with E-state index in [0.29, 0.717) is 43.3 Å². The minimum Gasteiger partial charge on any atom is -0.387 e. The number of fused-ring (bicyclic) bond motifs is 1. The van der Waals surface area contributed by atoms with Crippen LogP contribution in [0.5, 0.6) is 0 Å². The molecule has 2 aromatic carbocycles. The number of hydrogen-bond donors (Lipinski definition) is 2. The summed E-state index contributed by atoms with van der Waals surface area (Å²) in [5, 5.41) is 15.0. The van der Waals surface area contributed by atoms with Crippen LogP contribution >= 0.6 is 22.9 Å². The summed E-state index contributed by atoms with van der Waals surface area (Å²) in [7, 11) is 1.84. The Labute approximate surface area is 223 Å². The summed E-state index contributed by atoms with van der Waals surface area (Å²) in [5.41, 5.74) is 1.57. The molecule has 2 N–H and O–H groups in total. The van der Waals surface area contributed by atoms with E-state index in [1.54, 1.807) is 18.3 Å². The zero-order valence-electron chi connectivity index (χ0n) is 20.4. The van der Waals surface area contributed by atoms with Gasteiger partial charge in [0.05, 0.1) is 30.7 Å². The molecule has 1 amide bonds. The number of ether oxygens (including phenoxy) is 1. The van der Waals surface area contributed by atoms with Crippen LogP contribution in [0.1, 0.15) is 32.5 Å². The molecule has 9 heteroatoms. The summed E-state index contributed by atoms with van der Waals surface area (Å²) in [6.45, 7) is 2.57. The van der Waals surface area contributed by atoms with Gasteiger partial charge >= 0.3 is 0 Å². The molecule has 0 aliphatic carbocycles. The highest BCUT2D eigenvalue weighted by atomic mass is 35.5. The SMILES string of the molecule is Cn1cc(C(=O)NCc2ccc(Cl)cc2)c(=O)c2cc(CN3CCOCC3[C@H](O)c3ccccc3)sc21. The quantitative estimate of drug-likeness (QED) is 0.370. The van der Waals surface area contributed by atoms with Crippen LogP contribution in [0.25, 0.3) is 10.2 Å². The lowest BCUT2D eigenvalue weighted by molar-refractivity contribution is -0.0629. The van der Waals surface area contributed by atoms with Gasteiger partial charge in [-0.3, -0.25) is 14.5 Å². The number of carbonyl (C=O) groups excluding carboxylic acids is 1. The summed E-state index contributed by atoms with van der Waals surface area (Å²) >= 11 is 7.45. The summed E-state index contributed by atoms with van der Waals surface area (Å²) in [5.74, 6) is -0.413. The highest BCUT2D eigenvalue weighted by Gasteiger charge is 2.31. The first kappa shape index (κ1) is 25.6. The van der Waals surface area contributed by atoms with Gasteiger partial charge in [-0.15, -0.1) is 11.3 Å². The average molecular weight is 538 g/mol. The summed E-state index contributed by atoms with van der Waals surface area (Å²) < 4.78 is 7.52. The van der Waals surface area contributed by atoms with Crippen molar-refractivity contribution in [2.45, 2.75) is 25.2 Å². The highest BCUT2D eigenvalue weighted by molar-refractivity contribution is 7.18. The third kappa shape index (κ3) is 5.63. The Hall–Kier alpha value is -3.01. The molecule has 0 bridgehead atoms. The Bertz CT molecular complexity index is 1450. The lowest BCUT2D eigenvalue weighted by Gasteiger charge is -2.38. The number of aliphatic hydroxyl groups excluding tert-OH is 1. The maximum Gasteiger partial charge on any atom is 0.257 e.